The lowest BCUT2D eigenvalue weighted by Gasteiger charge is -2.33. The summed E-state index contributed by atoms with van der Waals surface area (Å²) in [6.45, 7) is 4.92. The van der Waals surface area contributed by atoms with Crippen LogP contribution in [0.15, 0.2) is 4.52 Å². The third-order valence-corrected chi connectivity index (χ3v) is 4.11. The van der Waals surface area contributed by atoms with Gasteiger partial charge in [0, 0.05) is 18.0 Å². The first-order valence-corrected chi connectivity index (χ1v) is 7.30. The molecule has 0 radical (unpaired) electrons. The number of rotatable bonds is 5. The molecule has 1 aromatic rings. The van der Waals surface area contributed by atoms with Gasteiger partial charge in [-0.2, -0.15) is 4.98 Å². The standard InChI is InChI=1S/C14H26N4O/c1-10(2)14-16-13(19-17-14)9-18(4)12-7-5-11(15-3)6-8-12/h10-12,15H,5-9H2,1-4H3. The van der Waals surface area contributed by atoms with Gasteiger partial charge in [-0.05, 0) is 39.8 Å². The molecule has 5 heteroatoms. The molecule has 1 aliphatic rings. The van der Waals surface area contributed by atoms with Gasteiger partial charge in [-0.25, -0.2) is 0 Å². The van der Waals surface area contributed by atoms with Crippen LogP contribution in [0.5, 0.6) is 0 Å². The van der Waals surface area contributed by atoms with E-state index in [-0.39, 0.29) is 0 Å². The van der Waals surface area contributed by atoms with Gasteiger partial charge in [-0.15, -0.1) is 0 Å². The lowest BCUT2D eigenvalue weighted by molar-refractivity contribution is 0.153. The fraction of sp³-hybridized carbons (Fsp3) is 0.857. The Morgan fingerprint density at radius 1 is 1.32 bits per heavy atom. The Balaban J connectivity index is 1.85. The minimum Gasteiger partial charge on any atom is -0.338 e. The minimum atomic E-state index is 0.328. The first-order valence-electron chi connectivity index (χ1n) is 7.30. The lowest BCUT2D eigenvalue weighted by atomic mass is 9.90. The fourth-order valence-electron chi connectivity index (χ4n) is 2.71. The Kier molecular flexibility index (Phi) is 4.93. The Bertz CT molecular complexity index is 383. The van der Waals surface area contributed by atoms with Crippen LogP contribution in [0.1, 0.15) is 57.2 Å². The highest BCUT2D eigenvalue weighted by molar-refractivity contribution is 4.92. The molecule has 1 aliphatic carbocycles. The topological polar surface area (TPSA) is 54.2 Å². The highest BCUT2D eigenvalue weighted by Gasteiger charge is 2.24. The molecule has 0 spiro atoms. The van der Waals surface area contributed by atoms with Gasteiger partial charge in [0.1, 0.15) is 0 Å². The van der Waals surface area contributed by atoms with Crippen molar-refractivity contribution in [2.24, 2.45) is 0 Å². The van der Waals surface area contributed by atoms with E-state index >= 15 is 0 Å². The number of aromatic nitrogens is 2. The summed E-state index contributed by atoms with van der Waals surface area (Å²) in [6.07, 6.45) is 5.00. The SMILES string of the molecule is CNC1CCC(N(C)Cc2nc(C(C)C)no2)CC1. The zero-order valence-corrected chi connectivity index (χ0v) is 12.5. The third kappa shape index (κ3) is 3.76. The second-order valence-electron chi connectivity index (χ2n) is 5.91. The quantitative estimate of drug-likeness (QED) is 0.885. The molecule has 0 saturated heterocycles. The maximum Gasteiger partial charge on any atom is 0.240 e. The van der Waals surface area contributed by atoms with Crippen LogP contribution in [0.3, 0.4) is 0 Å². The smallest absolute Gasteiger partial charge is 0.240 e. The van der Waals surface area contributed by atoms with Crippen molar-refractivity contribution in [3.8, 4) is 0 Å². The van der Waals surface area contributed by atoms with Crippen LogP contribution in [0.2, 0.25) is 0 Å². The summed E-state index contributed by atoms with van der Waals surface area (Å²) in [4.78, 5) is 6.79. The molecule has 0 aliphatic heterocycles. The van der Waals surface area contributed by atoms with Gasteiger partial charge >= 0.3 is 0 Å². The van der Waals surface area contributed by atoms with Crippen LogP contribution >= 0.6 is 0 Å². The average Bonchev–Trinajstić information content (AvgIpc) is 2.87. The maximum atomic E-state index is 5.31. The third-order valence-electron chi connectivity index (χ3n) is 4.11. The molecular weight excluding hydrogens is 240 g/mol. The van der Waals surface area contributed by atoms with Crippen molar-refractivity contribution >= 4 is 0 Å². The van der Waals surface area contributed by atoms with E-state index in [1.165, 1.54) is 25.7 Å². The molecule has 0 atom stereocenters. The molecule has 2 rings (SSSR count). The molecule has 108 valence electrons. The van der Waals surface area contributed by atoms with E-state index in [1.807, 2.05) is 0 Å². The molecule has 19 heavy (non-hydrogen) atoms. The molecule has 0 unspecified atom stereocenters. The van der Waals surface area contributed by atoms with E-state index in [4.69, 9.17) is 4.52 Å². The fourth-order valence-corrected chi connectivity index (χ4v) is 2.71. The molecule has 1 fully saturated rings. The summed E-state index contributed by atoms with van der Waals surface area (Å²) < 4.78 is 5.31. The molecule has 1 aromatic heterocycles. The monoisotopic (exact) mass is 266 g/mol. The highest BCUT2D eigenvalue weighted by atomic mass is 16.5. The van der Waals surface area contributed by atoms with Crippen LogP contribution in [0.25, 0.3) is 0 Å². The first-order chi connectivity index (χ1) is 9.10. The lowest BCUT2D eigenvalue weighted by Crippen LogP contribution is -2.39. The number of nitrogens with zero attached hydrogens (tertiary/aromatic N) is 3. The van der Waals surface area contributed by atoms with Crippen molar-refractivity contribution in [1.82, 2.24) is 20.4 Å². The van der Waals surface area contributed by atoms with E-state index < -0.39 is 0 Å². The highest BCUT2D eigenvalue weighted by Crippen LogP contribution is 2.23. The number of hydrogen-bond donors (Lipinski definition) is 1. The van der Waals surface area contributed by atoms with E-state index in [0.717, 1.165) is 18.3 Å². The van der Waals surface area contributed by atoms with Gasteiger partial charge in [-0.3, -0.25) is 4.90 Å². The molecule has 1 heterocycles. The van der Waals surface area contributed by atoms with Crippen molar-refractivity contribution in [2.45, 2.75) is 64.1 Å². The zero-order valence-electron chi connectivity index (χ0n) is 12.5. The molecule has 0 amide bonds. The van der Waals surface area contributed by atoms with Crippen molar-refractivity contribution < 1.29 is 4.52 Å². The molecule has 5 nitrogen and oxygen atoms in total. The first kappa shape index (κ1) is 14.5. The van der Waals surface area contributed by atoms with Crippen LogP contribution in [0.4, 0.5) is 0 Å². The Morgan fingerprint density at radius 2 is 2.00 bits per heavy atom. The Labute approximate surface area is 115 Å². The second kappa shape index (κ2) is 6.48. The van der Waals surface area contributed by atoms with E-state index in [9.17, 15) is 0 Å². The van der Waals surface area contributed by atoms with Crippen molar-refractivity contribution in [2.75, 3.05) is 14.1 Å². The van der Waals surface area contributed by atoms with Gasteiger partial charge in [-0.1, -0.05) is 19.0 Å². The molecule has 1 saturated carbocycles. The number of hydrogen-bond acceptors (Lipinski definition) is 5. The van der Waals surface area contributed by atoms with Crippen LogP contribution < -0.4 is 5.32 Å². The summed E-state index contributed by atoms with van der Waals surface area (Å²) in [7, 11) is 4.21. The van der Waals surface area contributed by atoms with E-state index in [0.29, 0.717) is 18.0 Å². The summed E-state index contributed by atoms with van der Waals surface area (Å²) >= 11 is 0. The summed E-state index contributed by atoms with van der Waals surface area (Å²) in [5.41, 5.74) is 0. The largest absolute Gasteiger partial charge is 0.338 e. The minimum absolute atomic E-state index is 0.328. The van der Waals surface area contributed by atoms with Crippen molar-refractivity contribution in [3.05, 3.63) is 11.7 Å². The molecule has 0 aromatic carbocycles. The van der Waals surface area contributed by atoms with Crippen LogP contribution in [0, 0.1) is 0 Å². The van der Waals surface area contributed by atoms with Crippen molar-refractivity contribution in [3.63, 3.8) is 0 Å². The van der Waals surface area contributed by atoms with Gasteiger partial charge in [0.2, 0.25) is 5.89 Å². The average molecular weight is 266 g/mol. The Hall–Kier alpha value is -0.940. The molecule has 1 N–H and O–H groups in total. The Morgan fingerprint density at radius 3 is 2.53 bits per heavy atom. The predicted octanol–water partition coefficient (Wildman–Crippen LogP) is 2.16. The maximum absolute atomic E-state index is 5.31. The summed E-state index contributed by atoms with van der Waals surface area (Å²) in [6, 6.07) is 1.33. The van der Waals surface area contributed by atoms with Crippen LogP contribution in [-0.2, 0) is 6.54 Å². The van der Waals surface area contributed by atoms with Gasteiger partial charge in [0.25, 0.3) is 0 Å². The predicted molar refractivity (Wildman–Crippen MR) is 75.0 cm³/mol. The van der Waals surface area contributed by atoms with Gasteiger partial charge < -0.3 is 9.84 Å². The van der Waals surface area contributed by atoms with Gasteiger partial charge in [0.15, 0.2) is 5.82 Å². The molecule has 0 bridgehead atoms. The second-order valence-corrected chi connectivity index (χ2v) is 5.91. The number of nitrogens with one attached hydrogen (secondary N) is 1. The van der Waals surface area contributed by atoms with Crippen molar-refractivity contribution in [1.29, 1.82) is 0 Å². The summed E-state index contributed by atoms with van der Waals surface area (Å²) in [5.74, 6) is 1.87. The summed E-state index contributed by atoms with van der Waals surface area (Å²) in [5, 5.41) is 7.39. The zero-order chi connectivity index (χ0) is 13.8. The van der Waals surface area contributed by atoms with E-state index in [1.54, 1.807) is 0 Å². The van der Waals surface area contributed by atoms with Gasteiger partial charge in [0.05, 0.1) is 6.54 Å². The molecular formula is C14H26N4O. The van der Waals surface area contributed by atoms with Crippen LogP contribution in [-0.4, -0.2) is 41.2 Å². The normalized spacial score (nSPS) is 24.3. The van der Waals surface area contributed by atoms with E-state index in [2.05, 4.69) is 48.3 Å².